The van der Waals surface area contributed by atoms with Gasteiger partial charge >= 0.3 is 0 Å². The lowest BCUT2D eigenvalue weighted by molar-refractivity contribution is 0.0529. The van der Waals surface area contributed by atoms with Gasteiger partial charge in [-0.3, -0.25) is 4.68 Å². The van der Waals surface area contributed by atoms with E-state index in [2.05, 4.69) is 5.10 Å². The highest BCUT2D eigenvalue weighted by Crippen LogP contribution is 2.30. The van der Waals surface area contributed by atoms with Crippen molar-refractivity contribution < 1.29 is 9.84 Å². The Balaban J connectivity index is 3.28. The zero-order valence-corrected chi connectivity index (χ0v) is 9.69. The average molecular weight is 213 g/mol. The Bertz CT molecular complexity index is 331. The van der Waals surface area contributed by atoms with E-state index < -0.39 is 5.60 Å². The summed E-state index contributed by atoms with van der Waals surface area (Å²) in [5, 5.41) is 14.3. The highest BCUT2D eigenvalue weighted by atomic mass is 16.5. The van der Waals surface area contributed by atoms with Crippen LogP contribution in [0.4, 0.5) is 0 Å². The minimum atomic E-state index is -1.12. The molecule has 1 aromatic rings. The first-order valence-corrected chi connectivity index (χ1v) is 4.98. The van der Waals surface area contributed by atoms with Crippen LogP contribution in [-0.2, 0) is 5.60 Å². The number of aromatic nitrogens is 2. The number of nitrogens with two attached hydrogens (primary N) is 1. The number of methoxy groups -OCH3 is 1. The predicted octanol–water partition coefficient (Wildman–Crippen LogP) is 0.639. The molecule has 0 amide bonds. The first-order chi connectivity index (χ1) is 6.94. The molecule has 0 aliphatic heterocycles. The summed E-state index contributed by atoms with van der Waals surface area (Å²) < 4.78 is 6.89. The summed E-state index contributed by atoms with van der Waals surface area (Å²) >= 11 is 0. The van der Waals surface area contributed by atoms with Crippen LogP contribution in [-0.4, -0.2) is 28.5 Å². The molecule has 0 bridgehead atoms. The van der Waals surface area contributed by atoms with Crippen LogP contribution in [0.3, 0.4) is 0 Å². The number of hydrogen-bond acceptors (Lipinski definition) is 4. The van der Waals surface area contributed by atoms with E-state index in [0.717, 1.165) is 0 Å². The van der Waals surface area contributed by atoms with Gasteiger partial charge < -0.3 is 15.6 Å². The second-order valence-corrected chi connectivity index (χ2v) is 4.08. The number of aliphatic hydroxyl groups is 1. The zero-order chi connectivity index (χ0) is 11.6. The van der Waals surface area contributed by atoms with E-state index >= 15 is 0 Å². The highest BCUT2D eigenvalue weighted by molar-refractivity contribution is 5.31. The van der Waals surface area contributed by atoms with E-state index in [0.29, 0.717) is 11.4 Å². The lowest BCUT2D eigenvalue weighted by atomic mass is 10.0. The molecule has 1 unspecified atom stereocenters. The fourth-order valence-corrected chi connectivity index (χ4v) is 1.50. The minimum Gasteiger partial charge on any atom is -0.493 e. The van der Waals surface area contributed by atoms with Gasteiger partial charge in [-0.1, -0.05) is 0 Å². The third kappa shape index (κ3) is 2.13. The quantitative estimate of drug-likeness (QED) is 0.769. The van der Waals surface area contributed by atoms with E-state index in [9.17, 15) is 5.11 Å². The molecule has 0 saturated carbocycles. The maximum Gasteiger partial charge on any atom is 0.162 e. The Morgan fingerprint density at radius 1 is 1.67 bits per heavy atom. The first-order valence-electron chi connectivity index (χ1n) is 4.98. The Morgan fingerprint density at radius 3 is 2.67 bits per heavy atom. The van der Waals surface area contributed by atoms with Crippen LogP contribution >= 0.6 is 0 Å². The minimum absolute atomic E-state index is 0.127. The Morgan fingerprint density at radius 2 is 2.27 bits per heavy atom. The molecule has 0 aliphatic carbocycles. The van der Waals surface area contributed by atoms with Crippen LogP contribution in [0, 0.1) is 0 Å². The summed E-state index contributed by atoms with van der Waals surface area (Å²) in [6.45, 7) is 5.76. The van der Waals surface area contributed by atoms with Crippen LogP contribution in [0.1, 0.15) is 32.5 Å². The van der Waals surface area contributed by atoms with Crippen molar-refractivity contribution in [2.75, 3.05) is 13.7 Å². The van der Waals surface area contributed by atoms with E-state index in [1.54, 1.807) is 24.9 Å². The number of ether oxygens (including phenoxy) is 1. The van der Waals surface area contributed by atoms with Crippen molar-refractivity contribution in [2.45, 2.75) is 32.4 Å². The molecule has 15 heavy (non-hydrogen) atoms. The molecule has 5 nitrogen and oxygen atoms in total. The second kappa shape index (κ2) is 4.20. The second-order valence-electron chi connectivity index (χ2n) is 4.08. The number of hydrogen-bond donors (Lipinski definition) is 2. The zero-order valence-electron chi connectivity index (χ0n) is 9.69. The number of nitrogens with zero attached hydrogens (tertiary/aromatic N) is 2. The van der Waals surface area contributed by atoms with E-state index in [1.165, 1.54) is 0 Å². The Labute approximate surface area is 89.8 Å². The third-order valence-corrected chi connectivity index (χ3v) is 2.38. The van der Waals surface area contributed by atoms with Crippen molar-refractivity contribution in [1.82, 2.24) is 9.78 Å². The molecular formula is C10H19N3O2. The van der Waals surface area contributed by atoms with E-state index in [-0.39, 0.29) is 12.6 Å². The molecule has 0 radical (unpaired) electrons. The molecule has 1 rings (SSSR count). The molecule has 1 atom stereocenters. The predicted molar refractivity (Wildman–Crippen MR) is 57.8 cm³/mol. The van der Waals surface area contributed by atoms with Gasteiger partial charge in [0.2, 0.25) is 0 Å². The van der Waals surface area contributed by atoms with E-state index in [4.69, 9.17) is 10.5 Å². The van der Waals surface area contributed by atoms with Gasteiger partial charge in [0.15, 0.2) is 5.75 Å². The monoisotopic (exact) mass is 213 g/mol. The van der Waals surface area contributed by atoms with E-state index in [1.807, 2.05) is 13.8 Å². The molecule has 5 heteroatoms. The third-order valence-electron chi connectivity index (χ3n) is 2.38. The molecule has 0 fully saturated rings. The topological polar surface area (TPSA) is 73.3 Å². The van der Waals surface area contributed by atoms with Crippen molar-refractivity contribution in [3.63, 3.8) is 0 Å². The molecule has 0 spiro atoms. The van der Waals surface area contributed by atoms with Crippen LogP contribution < -0.4 is 10.5 Å². The van der Waals surface area contributed by atoms with Gasteiger partial charge in [0.1, 0.15) is 11.3 Å². The van der Waals surface area contributed by atoms with Crippen molar-refractivity contribution >= 4 is 0 Å². The summed E-state index contributed by atoms with van der Waals surface area (Å²) in [6.07, 6.45) is 1.60. The molecule has 1 heterocycles. The van der Waals surface area contributed by atoms with Gasteiger partial charge in [0.05, 0.1) is 13.3 Å². The smallest absolute Gasteiger partial charge is 0.162 e. The molecule has 0 aromatic carbocycles. The van der Waals surface area contributed by atoms with Crippen LogP contribution in [0.2, 0.25) is 0 Å². The van der Waals surface area contributed by atoms with Gasteiger partial charge in [-0.15, -0.1) is 0 Å². The Hall–Kier alpha value is -1.07. The summed E-state index contributed by atoms with van der Waals surface area (Å²) in [6, 6.07) is 0.155. The lowest BCUT2D eigenvalue weighted by Crippen LogP contribution is -2.34. The largest absolute Gasteiger partial charge is 0.493 e. The summed E-state index contributed by atoms with van der Waals surface area (Å²) in [5.74, 6) is 0.569. The molecule has 86 valence electrons. The van der Waals surface area contributed by atoms with Gasteiger partial charge in [0, 0.05) is 12.6 Å². The van der Waals surface area contributed by atoms with Gasteiger partial charge in [-0.25, -0.2) is 0 Å². The molecule has 0 aliphatic rings. The maximum absolute atomic E-state index is 10.2. The van der Waals surface area contributed by atoms with Crippen LogP contribution in [0.15, 0.2) is 6.20 Å². The van der Waals surface area contributed by atoms with Gasteiger partial charge in [0.25, 0.3) is 0 Å². The number of rotatable bonds is 4. The van der Waals surface area contributed by atoms with Gasteiger partial charge in [-0.2, -0.15) is 5.10 Å². The highest BCUT2D eigenvalue weighted by Gasteiger charge is 2.30. The van der Waals surface area contributed by atoms with Crippen molar-refractivity contribution in [2.24, 2.45) is 5.73 Å². The van der Waals surface area contributed by atoms with Crippen LogP contribution in [0.5, 0.6) is 5.75 Å². The lowest BCUT2D eigenvalue weighted by Gasteiger charge is -2.24. The normalized spacial score (nSPS) is 15.4. The fourth-order valence-electron chi connectivity index (χ4n) is 1.50. The SMILES string of the molecule is COc1cnn(C(C)C)c1C(C)(O)CN. The molecule has 1 aromatic heterocycles. The Kier molecular flexibility index (Phi) is 3.36. The fraction of sp³-hybridized carbons (Fsp3) is 0.700. The van der Waals surface area contributed by atoms with Crippen molar-refractivity contribution in [3.05, 3.63) is 11.9 Å². The average Bonchev–Trinajstić information content (AvgIpc) is 2.61. The first kappa shape index (κ1) is 12.0. The summed E-state index contributed by atoms with van der Waals surface area (Å²) in [7, 11) is 1.55. The van der Waals surface area contributed by atoms with Crippen LogP contribution in [0.25, 0.3) is 0 Å². The summed E-state index contributed by atoms with van der Waals surface area (Å²) in [5.41, 5.74) is 5.05. The molecule has 0 saturated heterocycles. The molecule has 3 N–H and O–H groups in total. The van der Waals surface area contributed by atoms with Gasteiger partial charge in [-0.05, 0) is 20.8 Å². The standard InChI is InChI=1S/C10H19N3O2/c1-7(2)13-9(10(3,14)6-11)8(15-4)5-12-13/h5,7,14H,6,11H2,1-4H3. The molecular weight excluding hydrogens is 194 g/mol. The summed E-state index contributed by atoms with van der Waals surface area (Å²) in [4.78, 5) is 0. The maximum atomic E-state index is 10.2. The van der Waals surface area contributed by atoms with Crippen molar-refractivity contribution in [1.29, 1.82) is 0 Å². The van der Waals surface area contributed by atoms with Crippen molar-refractivity contribution in [3.8, 4) is 5.75 Å².